The van der Waals surface area contributed by atoms with Crippen LogP contribution < -0.4 is 0 Å². The van der Waals surface area contributed by atoms with E-state index in [0.29, 0.717) is 10.0 Å². The van der Waals surface area contributed by atoms with Gasteiger partial charge >= 0.3 is 0 Å². The molecule has 0 spiro atoms. The Bertz CT molecular complexity index is 401. The molecule has 0 amide bonds. The largest absolute Gasteiger partial charge is 0.143 e. The molecule has 0 aliphatic heterocycles. The molecule has 0 unspecified atom stereocenters. The zero-order valence-electron chi connectivity index (χ0n) is 8.20. The summed E-state index contributed by atoms with van der Waals surface area (Å²) in [6.07, 6.45) is 0. The van der Waals surface area contributed by atoms with E-state index >= 15 is 0 Å². The van der Waals surface area contributed by atoms with Gasteiger partial charge in [0.25, 0.3) is 0 Å². The molecule has 16 heavy (non-hydrogen) atoms. The number of thiol groups is 1. The van der Waals surface area contributed by atoms with Crippen LogP contribution in [0, 0.1) is 0 Å². The van der Waals surface area contributed by atoms with E-state index in [0.717, 1.165) is 9.37 Å². The normalized spacial score (nSPS) is 9.25. The Hall–Kier alpha value is -0.150. The summed E-state index contributed by atoms with van der Waals surface area (Å²) in [6.45, 7) is 0. The lowest BCUT2D eigenvalue weighted by Gasteiger charge is -1.88. The van der Waals surface area contributed by atoms with Crippen molar-refractivity contribution in [2.24, 2.45) is 0 Å². The first kappa shape index (κ1) is 13.9. The van der Waals surface area contributed by atoms with Crippen LogP contribution in [0.3, 0.4) is 0 Å². The number of hydrogen-bond donors (Lipinski definition) is 1. The van der Waals surface area contributed by atoms with E-state index in [1.807, 2.05) is 36.4 Å². The molecule has 0 nitrogen and oxygen atoms in total. The van der Waals surface area contributed by atoms with E-state index in [-0.39, 0.29) is 0 Å². The predicted molar refractivity (Wildman–Crippen MR) is 77.9 cm³/mol. The van der Waals surface area contributed by atoms with Crippen molar-refractivity contribution >= 4 is 51.8 Å². The zero-order valence-corrected chi connectivity index (χ0v) is 12.2. The molecule has 84 valence electrons. The highest BCUT2D eigenvalue weighted by Gasteiger charge is 1.89. The van der Waals surface area contributed by atoms with E-state index in [2.05, 4.69) is 28.6 Å². The third kappa shape index (κ3) is 5.26. The average molecular weight is 336 g/mol. The molecule has 0 radical (unpaired) electrons. The Morgan fingerprint density at radius 3 is 1.56 bits per heavy atom. The van der Waals surface area contributed by atoms with Gasteiger partial charge in [-0.1, -0.05) is 51.3 Å². The van der Waals surface area contributed by atoms with Crippen LogP contribution >= 0.6 is 51.8 Å². The van der Waals surface area contributed by atoms with Crippen LogP contribution in [0.25, 0.3) is 0 Å². The van der Waals surface area contributed by atoms with E-state index in [9.17, 15) is 0 Å². The van der Waals surface area contributed by atoms with Crippen molar-refractivity contribution in [3.8, 4) is 0 Å². The molecule has 0 aliphatic rings. The first-order valence-electron chi connectivity index (χ1n) is 4.44. The van der Waals surface area contributed by atoms with Crippen molar-refractivity contribution in [2.45, 2.75) is 4.90 Å². The highest BCUT2D eigenvalue weighted by Crippen LogP contribution is 2.19. The highest BCUT2D eigenvalue weighted by atomic mass is 79.9. The Morgan fingerprint density at radius 2 is 1.25 bits per heavy atom. The molecule has 0 aliphatic carbocycles. The average Bonchev–Trinajstić information content (AvgIpc) is 2.28. The van der Waals surface area contributed by atoms with Crippen LogP contribution in [0.2, 0.25) is 10.0 Å². The van der Waals surface area contributed by atoms with E-state index in [1.54, 1.807) is 12.1 Å². The fraction of sp³-hybridized carbons (Fsp3) is 0. The lowest BCUT2D eigenvalue weighted by Crippen LogP contribution is -1.62. The second kappa shape index (κ2) is 7.23. The molecule has 4 heteroatoms. The molecule has 0 fully saturated rings. The maximum atomic E-state index is 5.58. The van der Waals surface area contributed by atoms with E-state index < -0.39 is 0 Å². The van der Waals surface area contributed by atoms with E-state index in [4.69, 9.17) is 23.2 Å². The van der Waals surface area contributed by atoms with Crippen molar-refractivity contribution < 1.29 is 0 Å². The van der Waals surface area contributed by atoms with Crippen LogP contribution in [-0.2, 0) is 0 Å². The van der Waals surface area contributed by atoms with E-state index in [1.165, 1.54) is 0 Å². The smallest absolute Gasteiger partial charge is 0.0592 e. The van der Waals surface area contributed by atoms with Gasteiger partial charge < -0.3 is 0 Å². The summed E-state index contributed by atoms with van der Waals surface area (Å²) in [5.74, 6) is 0. The Kier molecular flexibility index (Phi) is 6.29. The Morgan fingerprint density at radius 1 is 0.812 bits per heavy atom. The van der Waals surface area contributed by atoms with Gasteiger partial charge in [0.05, 0.1) is 10.0 Å². The zero-order chi connectivity index (χ0) is 12.0. The molecule has 0 N–H and O–H groups in total. The molecule has 2 aromatic carbocycles. The summed E-state index contributed by atoms with van der Waals surface area (Å²) < 4.78 is 1.09. The predicted octanol–water partition coefficient (Wildman–Crippen LogP) is 5.73. The first-order chi connectivity index (χ1) is 7.59. The van der Waals surface area contributed by atoms with Gasteiger partial charge in [0.1, 0.15) is 0 Å². The van der Waals surface area contributed by atoms with Gasteiger partial charge in [-0.05, 0) is 36.4 Å². The summed E-state index contributed by atoms with van der Waals surface area (Å²) in [6, 6.07) is 15.0. The molecular formula is C12H9BrCl2S. The van der Waals surface area contributed by atoms with Gasteiger partial charge in [0.2, 0.25) is 0 Å². The Labute approximate surface area is 119 Å². The fourth-order valence-electron chi connectivity index (χ4n) is 0.880. The molecule has 2 aromatic rings. The molecule has 0 heterocycles. The fourth-order valence-corrected chi connectivity index (χ4v) is 1.57. The standard InChI is InChI=1S/C6H5BrS.C6H4Cl2/c7-5-1-3-6(8)4-2-5;7-5-3-1-2-4-6(5)8/h1-4,8H;1-4H. The molecule has 0 atom stereocenters. The number of halogens is 3. The van der Waals surface area contributed by atoms with Crippen molar-refractivity contribution in [1.82, 2.24) is 0 Å². The van der Waals surface area contributed by atoms with Gasteiger partial charge in [-0.3, -0.25) is 0 Å². The van der Waals surface area contributed by atoms with Crippen molar-refractivity contribution in [1.29, 1.82) is 0 Å². The van der Waals surface area contributed by atoms with Gasteiger partial charge in [-0.15, -0.1) is 12.6 Å². The van der Waals surface area contributed by atoms with Crippen molar-refractivity contribution in [3.05, 3.63) is 63.0 Å². The molecule has 2 rings (SSSR count). The number of benzene rings is 2. The van der Waals surface area contributed by atoms with Gasteiger partial charge in [0.15, 0.2) is 0 Å². The minimum Gasteiger partial charge on any atom is -0.143 e. The van der Waals surface area contributed by atoms with Crippen molar-refractivity contribution in [3.63, 3.8) is 0 Å². The molecule has 0 bridgehead atoms. The molecular weight excluding hydrogens is 327 g/mol. The minimum atomic E-state index is 0.606. The van der Waals surface area contributed by atoms with Crippen molar-refractivity contribution in [2.75, 3.05) is 0 Å². The highest BCUT2D eigenvalue weighted by molar-refractivity contribution is 9.10. The monoisotopic (exact) mass is 334 g/mol. The second-order valence-corrected chi connectivity index (χ2v) is 5.14. The third-order valence-corrected chi connectivity index (χ3v) is 3.23. The van der Waals surface area contributed by atoms with Crippen LogP contribution in [0.5, 0.6) is 0 Å². The lowest BCUT2D eigenvalue weighted by molar-refractivity contribution is 1.46. The molecule has 0 aromatic heterocycles. The van der Waals surface area contributed by atoms with Crippen LogP contribution in [0.4, 0.5) is 0 Å². The quantitative estimate of drug-likeness (QED) is 0.584. The van der Waals surface area contributed by atoms with Gasteiger partial charge in [-0.25, -0.2) is 0 Å². The number of hydrogen-bond acceptors (Lipinski definition) is 1. The van der Waals surface area contributed by atoms with Crippen LogP contribution in [0.15, 0.2) is 57.9 Å². The molecule has 0 saturated heterocycles. The number of rotatable bonds is 0. The third-order valence-electron chi connectivity index (χ3n) is 1.65. The van der Waals surface area contributed by atoms with Gasteiger partial charge in [-0.2, -0.15) is 0 Å². The Balaban J connectivity index is 0.000000160. The van der Waals surface area contributed by atoms with Crippen LogP contribution in [-0.4, -0.2) is 0 Å². The maximum Gasteiger partial charge on any atom is 0.0592 e. The lowest BCUT2D eigenvalue weighted by atomic mass is 10.4. The summed E-state index contributed by atoms with van der Waals surface area (Å²) in [7, 11) is 0. The minimum absolute atomic E-state index is 0.606. The summed E-state index contributed by atoms with van der Waals surface area (Å²) in [4.78, 5) is 0.994. The van der Waals surface area contributed by atoms with Crippen LogP contribution in [0.1, 0.15) is 0 Å². The topological polar surface area (TPSA) is 0 Å². The molecule has 0 saturated carbocycles. The SMILES string of the molecule is Clc1ccccc1Cl.Sc1ccc(Br)cc1. The summed E-state index contributed by atoms with van der Waals surface area (Å²) in [5, 5.41) is 1.21. The second-order valence-electron chi connectivity index (χ2n) is 2.89. The summed E-state index contributed by atoms with van der Waals surface area (Å²) >= 11 is 18.6. The van der Waals surface area contributed by atoms with Gasteiger partial charge in [0, 0.05) is 9.37 Å². The maximum absolute atomic E-state index is 5.58. The first-order valence-corrected chi connectivity index (χ1v) is 6.44. The summed E-state index contributed by atoms with van der Waals surface area (Å²) in [5.41, 5.74) is 0.